The molecule has 1 aromatic carbocycles. The van der Waals surface area contributed by atoms with Crippen LogP contribution in [0.1, 0.15) is 37.6 Å². The van der Waals surface area contributed by atoms with Gasteiger partial charge in [0.1, 0.15) is 12.4 Å². The van der Waals surface area contributed by atoms with Gasteiger partial charge in [0.25, 0.3) is 0 Å². The van der Waals surface area contributed by atoms with E-state index in [1.807, 2.05) is 25.1 Å². The molecule has 4 heteroatoms. The first-order chi connectivity index (χ1) is 9.12. The minimum atomic E-state index is 0.110. The highest BCUT2D eigenvalue weighted by atomic mass is 79.9. The van der Waals surface area contributed by atoms with E-state index >= 15 is 0 Å². The summed E-state index contributed by atoms with van der Waals surface area (Å²) in [5, 5.41) is 0. The number of ketones is 1. The molecule has 3 nitrogen and oxygen atoms in total. The van der Waals surface area contributed by atoms with E-state index in [-0.39, 0.29) is 5.78 Å². The minimum absolute atomic E-state index is 0.110. The highest BCUT2D eigenvalue weighted by Crippen LogP contribution is 2.24. The van der Waals surface area contributed by atoms with Crippen molar-refractivity contribution in [2.24, 2.45) is 0 Å². The molecule has 19 heavy (non-hydrogen) atoms. The second-order valence-electron chi connectivity index (χ2n) is 4.29. The Labute approximate surface area is 124 Å². The maximum atomic E-state index is 11.9. The van der Waals surface area contributed by atoms with Crippen molar-refractivity contribution in [3.8, 4) is 5.75 Å². The molecular formula is C15H22BrNO2. The van der Waals surface area contributed by atoms with Gasteiger partial charge in [-0.3, -0.25) is 4.79 Å². The molecule has 0 bridgehead atoms. The standard InChI is InChI=1S/C15H22BrNO2/c1-4-14(18)13-11-12(16)7-8-15(13)19-10-9-17(5-2)6-3/h7-8,11H,4-6,9-10H2,1-3H3. The lowest BCUT2D eigenvalue weighted by Crippen LogP contribution is -2.28. The average molecular weight is 328 g/mol. The van der Waals surface area contributed by atoms with Gasteiger partial charge in [-0.2, -0.15) is 0 Å². The van der Waals surface area contributed by atoms with Crippen LogP contribution in [0.3, 0.4) is 0 Å². The topological polar surface area (TPSA) is 29.5 Å². The number of nitrogens with zero attached hydrogens (tertiary/aromatic N) is 1. The quantitative estimate of drug-likeness (QED) is 0.681. The monoisotopic (exact) mass is 327 g/mol. The zero-order valence-corrected chi connectivity index (χ0v) is 13.5. The van der Waals surface area contributed by atoms with Gasteiger partial charge in [-0.25, -0.2) is 0 Å². The van der Waals surface area contributed by atoms with E-state index in [1.54, 1.807) is 0 Å². The first kappa shape index (κ1) is 16.2. The Kier molecular flexibility index (Phi) is 7.10. The lowest BCUT2D eigenvalue weighted by atomic mass is 10.1. The third kappa shape index (κ3) is 4.96. The number of likely N-dealkylation sites (N-methyl/N-ethyl adjacent to an activating group) is 1. The molecule has 0 aromatic heterocycles. The van der Waals surface area contributed by atoms with Crippen LogP contribution in [0, 0.1) is 0 Å². The fourth-order valence-corrected chi connectivity index (χ4v) is 2.22. The lowest BCUT2D eigenvalue weighted by Gasteiger charge is -2.18. The SMILES string of the molecule is CCC(=O)c1cc(Br)ccc1OCCN(CC)CC. The average Bonchev–Trinajstić information content (AvgIpc) is 2.44. The number of carbonyl (C=O) groups is 1. The van der Waals surface area contributed by atoms with Crippen LogP contribution in [0.25, 0.3) is 0 Å². The van der Waals surface area contributed by atoms with Crippen molar-refractivity contribution in [2.45, 2.75) is 27.2 Å². The van der Waals surface area contributed by atoms with E-state index in [2.05, 4.69) is 34.7 Å². The van der Waals surface area contributed by atoms with Crippen molar-refractivity contribution < 1.29 is 9.53 Å². The van der Waals surface area contributed by atoms with E-state index in [1.165, 1.54) is 0 Å². The van der Waals surface area contributed by atoms with Gasteiger partial charge in [-0.05, 0) is 31.3 Å². The summed E-state index contributed by atoms with van der Waals surface area (Å²) in [6.07, 6.45) is 0.489. The second-order valence-corrected chi connectivity index (χ2v) is 5.21. The maximum Gasteiger partial charge on any atom is 0.166 e. The van der Waals surface area contributed by atoms with Crippen LogP contribution >= 0.6 is 15.9 Å². The van der Waals surface area contributed by atoms with Gasteiger partial charge in [-0.1, -0.05) is 36.7 Å². The van der Waals surface area contributed by atoms with Crippen LogP contribution in [0.5, 0.6) is 5.75 Å². The molecule has 0 saturated carbocycles. The highest BCUT2D eigenvalue weighted by Gasteiger charge is 2.11. The van der Waals surface area contributed by atoms with Crippen LogP contribution in [0.2, 0.25) is 0 Å². The molecule has 0 spiro atoms. The first-order valence-electron chi connectivity index (χ1n) is 6.80. The van der Waals surface area contributed by atoms with Crippen LogP contribution in [-0.2, 0) is 0 Å². The molecule has 0 fully saturated rings. The predicted octanol–water partition coefficient (Wildman–Crippen LogP) is 3.76. The van der Waals surface area contributed by atoms with E-state index in [4.69, 9.17) is 4.74 Å². The number of hydrogen-bond donors (Lipinski definition) is 0. The Morgan fingerprint density at radius 1 is 1.26 bits per heavy atom. The summed E-state index contributed by atoms with van der Waals surface area (Å²) in [4.78, 5) is 14.2. The molecule has 0 saturated heterocycles. The summed E-state index contributed by atoms with van der Waals surface area (Å²) in [5.41, 5.74) is 0.663. The van der Waals surface area contributed by atoms with Gasteiger partial charge in [0, 0.05) is 17.4 Å². The molecule has 0 aliphatic carbocycles. The highest BCUT2D eigenvalue weighted by molar-refractivity contribution is 9.10. The normalized spacial score (nSPS) is 10.8. The summed E-state index contributed by atoms with van der Waals surface area (Å²) in [5.74, 6) is 0.793. The Bertz CT molecular complexity index is 417. The minimum Gasteiger partial charge on any atom is -0.491 e. The molecule has 0 amide bonds. The fraction of sp³-hybridized carbons (Fsp3) is 0.533. The van der Waals surface area contributed by atoms with Gasteiger partial charge in [0.15, 0.2) is 5.78 Å². The van der Waals surface area contributed by atoms with Crippen LogP contribution in [0.15, 0.2) is 22.7 Å². The molecule has 0 radical (unpaired) electrons. The molecule has 1 aromatic rings. The zero-order valence-electron chi connectivity index (χ0n) is 11.9. The van der Waals surface area contributed by atoms with Crippen LogP contribution in [0.4, 0.5) is 0 Å². The molecule has 0 N–H and O–H groups in total. The van der Waals surface area contributed by atoms with Gasteiger partial charge in [0.05, 0.1) is 5.56 Å². The van der Waals surface area contributed by atoms with Gasteiger partial charge < -0.3 is 9.64 Å². The molecule has 0 unspecified atom stereocenters. The van der Waals surface area contributed by atoms with Gasteiger partial charge in [0.2, 0.25) is 0 Å². The van der Waals surface area contributed by atoms with Gasteiger partial charge in [-0.15, -0.1) is 0 Å². The Balaban J connectivity index is 2.69. The fourth-order valence-electron chi connectivity index (χ4n) is 1.86. The molecule has 0 atom stereocenters. The van der Waals surface area contributed by atoms with Crippen molar-refractivity contribution in [3.05, 3.63) is 28.2 Å². The van der Waals surface area contributed by atoms with E-state index in [0.717, 1.165) is 24.1 Å². The Morgan fingerprint density at radius 2 is 1.95 bits per heavy atom. The number of Topliss-reactive ketones (excluding diaryl/α,β-unsaturated/α-hetero) is 1. The van der Waals surface area contributed by atoms with Crippen molar-refractivity contribution in [1.29, 1.82) is 0 Å². The van der Waals surface area contributed by atoms with Crippen molar-refractivity contribution in [1.82, 2.24) is 4.90 Å². The maximum absolute atomic E-state index is 11.9. The number of rotatable bonds is 8. The van der Waals surface area contributed by atoms with Crippen molar-refractivity contribution in [2.75, 3.05) is 26.2 Å². The molecule has 0 aliphatic heterocycles. The molecule has 1 rings (SSSR count). The third-order valence-electron chi connectivity index (χ3n) is 3.12. The summed E-state index contributed by atoms with van der Waals surface area (Å²) in [6, 6.07) is 5.59. The summed E-state index contributed by atoms with van der Waals surface area (Å²) in [6.45, 7) is 9.64. The largest absolute Gasteiger partial charge is 0.491 e. The summed E-state index contributed by atoms with van der Waals surface area (Å²) in [7, 11) is 0. The van der Waals surface area contributed by atoms with E-state index < -0.39 is 0 Å². The smallest absolute Gasteiger partial charge is 0.166 e. The number of halogens is 1. The first-order valence-corrected chi connectivity index (χ1v) is 7.59. The Hall–Kier alpha value is -0.870. The zero-order chi connectivity index (χ0) is 14.3. The van der Waals surface area contributed by atoms with Gasteiger partial charge >= 0.3 is 0 Å². The van der Waals surface area contributed by atoms with Crippen molar-refractivity contribution in [3.63, 3.8) is 0 Å². The predicted molar refractivity (Wildman–Crippen MR) is 82.0 cm³/mol. The summed E-state index contributed by atoms with van der Waals surface area (Å²) < 4.78 is 6.67. The Morgan fingerprint density at radius 3 is 2.53 bits per heavy atom. The molecule has 0 aliphatic rings. The second kappa shape index (κ2) is 8.33. The van der Waals surface area contributed by atoms with Crippen LogP contribution < -0.4 is 4.74 Å². The molecule has 106 valence electrons. The lowest BCUT2D eigenvalue weighted by molar-refractivity contribution is 0.0983. The number of carbonyl (C=O) groups excluding carboxylic acids is 1. The third-order valence-corrected chi connectivity index (χ3v) is 3.62. The van der Waals surface area contributed by atoms with Crippen LogP contribution in [-0.4, -0.2) is 36.9 Å². The summed E-state index contributed by atoms with van der Waals surface area (Å²) >= 11 is 3.39. The molecule has 0 heterocycles. The van der Waals surface area contributed by atoms with E-state index in [9.17, 15) is 4.79 Å². The van der Waals surface area contributed by atoms with E-state index in [0.29, 0.717) is 24.3 Å². The number of ether oxygens (including phenoxy) is 1. The van der Waals surface area contributed by atoms with Crippen molar-refractivity contribution >= 4 is 21.7 Å². The molecular weight excluding hydrogens is 306 g/mol. The number of benzene rings is 1. The number of hydrogen-bond acceptors (Lipinski definition) is 3.